The third-order valence-electron chi connectivity index (χ3n) is 2.46. The summed E-state index contributed by atoms with van der Waals surface area (Å²) < 4.78 is 5.60. The second-order valence-corrected chi connectivity index (χ2v) is 3.46. The first-order valence-electron chi connectivity index (χ1n) is 5.28. The molecule has 1 aromatic carbocycles. The van der Waals surface area contributed by atoms with Crippen LogP contribution in [0.4, 0.5) is 0 Å². The van der Waals surface area contributed by atoms with Crippen molar-refractivity contribution in [1.29, 1.82) is 0 Å². The summed E-state index contributed by atoms with van der Waals surface area (Å²) in [6.07, 6.45) is 2.89. The van der Waals surface area contributed by atoms with Gasteiger partial charge < -0.3 is 15.5 Å². The Morgan fingerprint density at radius 1 is 1.38 bits per heavy atom. The van der Waals surface area contributed by atoms with Gasteiger partial charge in [-0.25, -0.2) is 0 Å². The molecule has 16 heavy (non-hydrogen) atoms. The van der Waals surface area contributed by atoms with E-state index in [0.717, 1.165) is 17.7 Å². The zero-order valence-corrected chi connectivity index (χ0v) is 10.1. The third kappa shape index (κ3) is 2.31. The van der Waals surface area contributed by atoms with Crippen molar-refractivity contribution in [3.63, 3.8) is 0 Å². The number of hydrogen-bond donors (Lipinski definition) is 2. The number of ether oxygens (including phenoxy) is 1. The molecule has 0 fully saturated rings. The molecule has 1 aromatic heterocycles. The first kappa shape index (κ1) is 12.9. The molecule has 0 unspecified atom stereocenters. The van der Waals surface area contributed by atoms with Gasteiger partial charge in [0.05, 0.1) is 6.61 Å². The Labute approximate surface area is 101 Å². The van der Waals surface area contributed by atoms with Gasteiger partial charge in [-0.05, 0) is 37.6 Å². The summed E-state index contributed by atoms with van der Waals surface area (Å²) in [5, 5.41) is 1.17. The predicted molar refractivity (Wildman–Crippen MR) is 69.5 cm³/mol. The highest BCUT2D eigenvalue weighted by Crippen LogP contribution is 2.28. The molecule has 88 valence electrons. The van der Waals surface area contributed by atoms with Gasteiger partial charge in [-0.1, -0.05) is 6.07 Å². The van der Waals surface area contributed by atoms with Crippen LogP contribution < -0.4 is 10.5 Å². The molecule has 0 amide bonds. The summed E-state index contributed by atoms with van der Waals surface area (Å²) >= 11 is 0. The highest BCUT2D eigenvalue weighted by atomic mass is 35.5. The van der Waals surface area contributed by atoms with Gasteiger partial charge in [0, 0.05) is 17.1 Å². The molecule has 0 radical (unpaired) electrons. The zero-order valence-electron chi connectivity index (χ0n) is 9.32. The van der Waals surface area contributed by atoms with E-state index in [-0.39, 0.29) is 12.4 Å². The maximum atomic E-state index is 5.60. The lowest BCUT2D eigenvalue weighted by atomic mass is 10.1. The fraction of sp³-hybridized carbons (Fsp3) is 0.333. The van der Waals surface area contributed by atoms with Gasteiger partial charge in [0.2, 0.25) is 0 Å². The Hall–Kier alpha value is -1.19. The lowest BCUT2D eigenvalue weighted by Crippen LogP contribution is -2.02. The van der Waals surface area contributed by atoms with Crippen molar-refractivity contribution >= 4 is 23.3 Å². The molecule has 0 spiro atoms. The quantitative estimate of drug-likeness (QED) is 0.863. The molecule has 0 saturated heterocycles. The van der Waals surface area contributed by atoms with Crippen molar-refractivity contribution in [1.82, 2.24) is 4.98 Å². The average Bonchev–Trinajstić information content (AvgIpc) is 2.64. The largest absolute Gasteiger partial charge is 0.493 e. The number of hydrogen-bond acceptors (Lipinski definition) is 2. The summed E-state index contributed by atoms with van der Waals surface area (Å²) in [7, 11) is 0. The summed E-state index contributed by atoms with van der Waals surface area (Å²) in [6, 6.07) is 6.05. The predicted octanol–water partition coefficient (Wildman–Crippen LogP) is 2.49. The van der Waals surface area contributed by atoms with Crippen molar-refractivity contribution in [3.8, 4) is 5.75 Å². The van der Waals surface area contributed by atoms with Crippen molar-refractivity contribution in [2.24, 2.45) is 5.73 Å². The molecule has 0 atom stereocenters. The number of aromatic amines is 1. The Balaban J connectivity index is 0.00000128. The second-order valence-electron chi connectivity index (χ2n) is 3.46. The van der Waals surface area contributed by atoms with Crippen LogP contribution >= 0.6 is 12.4 Å². The van der Waals surface area contributed by atoms with Crippen molar-refractivity contribution < 1.29 is 4.74 Å². The van der Waals surface area contributed by atoms with Crippen LogP contribution in [0.1, 0.15) is 12.5 Å². The Bertz CT molecular complexity index is 453. The van der Waals surface area contributed by atoms with Crippen molar-refractivity contribution in [3.05, 3.63) is 30.0 Å². The molecular weight excluding hydrogens is 224 g/mol. The van der Waals surface area contributed by atoms with Gasteiger partial charge in [-0.3, -0.25) is 0 Å². The molecule has 2 rings (SSSR count). The Morgan fingerprint density at radius 3 is 2.88 bits per heavy atom. The highest BCUT2D eigenvalue weighted by molar-refractivity contribution is 5.89. The van der Waals surface area contributed by atoms with Crippen LogP contribution in [0.5, 0.6) is 5.75 Å². The van der Waals surface area contributed by atoms with E-state index < -0.39 is 0 Å². The maximum Gasteiger partial charge on any atom is 0.128 e. The third-order valence-corrected chi connectivity index (χ3v) is 2.46. The molecule has 0 bridgehead atoms. The van der Waals surface area contributed by atoms with E-state index in [1.165, 1.54) is 10.9 Å². The molecule has 2 aromatic rings. The number of halogens is 1. The van der Waals surface area contributed by atoms with E-state index in [2.05, 4.69) is 11.1 Å². The second kappa shape index (κ2) is 5.77. The van der Waals surface area contributed by atoms with Crippen LogP contribution in [0, 0.1) is 0 Å². The van der Waals surface area contributed by atoms with E-state index in [0.29, 0.717) is 13.2 Å². The SMILES string of the molecule is CCOc1cccc2[nH]cc(CCN)c12.Cl. The molecule has 0 saturated carbocycles. The van der Waals surface area contributed by atoms with E-state index in [1.807, 2.05) is 25.3 Å². The number of benzene rings is 1. The van der Waals surface area contributed by atoms with Gasteiger partial charge in [0.15, 0.2) is 0 Å². The smallest absolute Gasteiger partial charge is 0.128 e. The Morgan fingerprint density at radius 2 is 2.19 bits per heavy atom. The monoisotopic (exact) mass is 240 g/mol. The fourth-order valence-corrected chi connectivity index (χ4v) is 1.85. The van der Waals surface area contributed by atoms with Crippen LogP contribution in [-0.2, 0) is 6.42 Å². The van der Waals surface area contributed by atoms with Crippen LogP contribution in [0.3, 0.4) is 0 Å². The van der Waals surface area contributed by atoms with Crippen molar-refractivity contribution in [2.45, 2.75) is 13.3 Å². The average molecular weight is 241 g/mol. The van der Waals surface area contributed by atoms with E-state index in [9.17, 15) is 0 Å². The number of H-pyrrole nitrogens is 1. The first-order valence-corrected chi connectivity index (χ1v) is 5.28. The molecule has 1 heterocycles. The van der Waals surface area contributed by atoms with Gasteiger partial charge in [-0.15, -0.1) is 12.4 Å². The van der Waals surface area contributed by atoms with E-state index in [1.54, 1.807) is 0 Å². The summed E-state index contributed by atoms with van der Waals surface area (Å²) in [5.41, 5.74) is 7.93. The van der Waals surface area contributed by atoms with Crippen LogP contribution in [-0.4, -0.2) is 18.1 Å². The van der Waals surface area contributed by atoms with Crippen LogP contribution in [0.2, 0.25) is 0 Å². The number of rotatable bonds is 4. The minimum atomic E-state index is 0. The highest BCUT2D eigenvalue weighted by Gasteiger charge is 2.08. The summed E-state index contributed by atoms with van der Waals surface area (Å²) in [5.74, 6) is 0.944. The van der Waals surface area contributed by atoms with Crippen molar-refractivity contribution in [2.75, 3.05) is 13.2 Å². The van der Waals surface area contributed by atoms with Gasteiger partial charge >= 0.3 is 0 Å². The van der Waals surface area contributed by atoms with Gasteiger partial charge in [0.1, 0.15) is 5.75 Å². The van der Waals surface area contributed by atoms with Gasteiger partial charge in [-0.2, -0.15) is 0 Å². The molecule has 4 heteroatoms. The standard InChI is InChI=1S/C12H16N2O.ClH/c1-2-15-11-5-3-4-10-12(11)9(6-7-13)8-14-10;/h3-5,8,14H,2,6-7,13H2,1H3;1H. The summed E-state index contributed by atoms with van der Waals surface area (Å²) in [6.45, 7) is 3.34. The Kier molecular flexibility index (Phi) is 4.65. The zero-order chi connectivity index (χ0) is 10.7. The fourth-order valence-electron chi connectivity index (χ4n) is 1.85. The lowest BCUT2D eigenvalue weighted by molar-refractivity contribution is 0.344. The van der Waals surface area contributed by atoms with Crippen LogP contribution in [0.25, 0.3) is 10.9 Å². The van der Waals surface area contributed by atoms with Crippen LogP contribution in [0.15, 0.2) is 24.4 Å². The molecule has 0 aliphatic carbocycles. The molecule has 3 N–H and O–H groups in total. The maximum absolute atomic E-state index is 5.60. The topological polar surface area (TPSA) is 51.0 Å². The number of aromatic nitrogens is 1. The lowest BCUT2D eigenvalue weighted by Gasteiger charge is -2.06. The number of nitrogens with two attached hydrogens (primary N) is 1. The number of fused-ring (bicyclic) bond motifs is 1. The van der Waals surface area contributed by atoms with E-state index >= 15 is 0 Å². The molecule has 0 aliphatic heterocycles. The minimum Gasteiger partial charge on any atom is -0.493 e. The molecular formula is C12H17ClN2O. The normalized spacial score (nSPS) is 10.1. The number of nitrogens with one attached hydrogen (secondary N) is 1. The van der Waals surface area contributed by atoms with E-state index in [4.69, 9.17) is 10.5 Å². The molecule has 3 nitrogen and oxygen atoms in total. The van der Waals surface area contributed by atoms with Gasteiger partial charge in [0.25, 0.3) is 0 Å². The molecule has 0 aliphatic rings. The minimum absolute atomic E-state index is 0. The first-order chi connectivity index (χ1) is 7.36. The summed E-state index contributed by atoms with van der Waals surface area (Å²) in [4.78, 5) is 3.24.